The Morgan fingerprint density at radius 3 is 2.05 bits per heavy atom. The van der Waals surface area contributed by atoms with Crippen LogP contribution in [0.2, 0.25) is 0 Å². The average molecular weight is 305 g/mol. The van der Waals surface area contributed by atoms with Gasteiger partial charge in [0.05, 0.1) is 6.42 Å². The van der Waals surface area contributed by atoms with E-state index >= 15 is 0 Å². The number of esters is 1. The third-order valence-corrected chi connectivity index (χ3v) is 3.78. The van der Waals surface area contributed by atoms with Crippen LogP contribution in [0.5, 0.6) is 0 Å². The summed E-state index contributed by atoms with van der Waals surface area (Å²) in [5.74, 6) is 0.216. The molecule has 3 heteroatoms. The van der Waals surface area contributed by atoms with Crippen molar-refractivity contribution >= 4 is 17.6 Å². The fourth-order valence-corrected chi connectivity index (χ4v) is 2.57. The van der Waals surface area contributed by atoms with Crippen molar-refractivity contribution in [2.75, 3.05) is 5.88 Å². The zero-order valence-corrected chi connectivity index (χ0v) is 14.2. The maximum absolute atomic E-state index is 11.5. The molecule has 0 saturated carbocycles. The Labute approximate surface area is 130 Å². The largest absolute Gasteiger partial charge is 0.462 e. The Balaban J connectivity index is 3.57. The van der Waals surface area contributed by atoms with Crippen LogP contribution in [0.1, 0.15) is 90.9 Å². The molecule has 0 heterocycles. The molecule has 0 aromatic heterocycles. The molecule has 0 spiro atoms. The van der Waals surface area contributed by atoms with Gasteiger partial charge in [-0.1, -0.05) is 65.2 Å². The quantitative estimate of drug-likeness (QED) is 0.228. The van der Waals surface area contributed by atoms with Crippen molar-refractivity contribution in [2.24, 2.45) is 0 Å². The predicted octanol–water partition coefficient (Wildman–Crippen LogP) is 5.86. The van der Waals surface area contributed by atoms with Crippen molar-refractivity contribution in [2.45, 2.75) is 97.0 Å². The molecule has 2 nitrogen and oxygen atoms in total. The van der Waals surface area contributed by atoms with Crippen molar-refractivity contribution in [1.82, 2.24) is 0 Å². The van der Waals surface area contributed by atoms with Crippen LogP contribution >= 0.6 is 11.6 Å². The molecule has 0 aliphatic rings. The maximum Gasteiger partial charge on any atom is 0.307 e. The van der Waals surface area contributed by atoms with E-state index in [2.05, 4.69) is 13.8 Å². The van der Waals surface area contributed by atoms with Crippen LogP contribution in [0.15, 0.2) is 0 Å². The Bertz CT molecular complexity index is 219. The first kappa shape index (κ1) is 19.8. The smallest absolute Gasteiger partial charge is 0.307 e. The molecule has 0 saturated heterocycles. The fourth-order valence-electron chi connectivity index (χ4n) is 2.41. The molecule has 0 bridgehead atoms. The third-order valence-electron chi connectivity index (χ3n) is 3.59. The first-order valence-corrected chi connectivity index (χ1v) is 9.03. The normalized spacial score (nSPS) is 12.3. The summed E-state index contributed by atoms with van der Waals surface area (Å²) in [6, 6.07) is 0. The molecule has 1 atom stereocenters. The molecule has 0 aromatic rings. The summed E-state index contributed by atoms with van der Waals surface area (Å²) >= 11 is 5.55. The van der Waals surface area contributed by atoms with Crippen molar-refractivity contribution in [3.05, 3.63) is 0 Å². The van der Waals surface area contributed by atoms with E-state index in [1.165, 1.54) is 51.4 Å². The van der Waals surface area contributed by atoms with Gasteiger partial charge < -0.3 is 4.74 Å². The van der Waals surface area contributed by atoms with Crippen LogP contribution in [0.25, 0.3) is 0 Å². The van der Waals surface area contributed by atoms with Crippen LogP contribution in [0.4, 0.5) is 0 Å². The van der Waals surface area contributed by atoms with E-state index in [0.29, 0.717) is 12.3 Å². The summed E-state index contributed by atoms with van der Waals surface area (Å²) in [6.45, 7) is 4.38. The summed E-state index contributed by atoms with van der Waals surface area (Å²) in [6.07, 6.45) is 14.0. The molecular weight excluding hydrogens is 272 g/mol. The monoisotopic (exact) mass is 304 g/mol. The number of unbranched alkanes of at least 4 members (excludes halogenated alkanes) is 7. The van der Waals surface area contributed by atoms with Crippen molar-refractivity contribution in [1.29, 1.82) is 0 Å². The third kappa shape index (κ3) is 12.8. The number of hydrogen-bond donors (Lipinski definition) is 0. The second-order valence-corrected chi connectivity index (χ2v) is 5.98. The second-order valence-electron chi connectivity index (χ2n) is 5.60. The highest BCUT2D eigenvalue weighted by atomic mass is 35.5. The lowest BCUT2D eigenvalue weighted by molar-refractivity contribution is -0.149. The molecule has 0 radical (unpaired) electrons. The zero-order chi connectivity index (χ0) is 15.1. The van der Waals surface area contributed by atoms with Crippen LogP contribution in [0.3, 0.4) is 0 Å². The highest BCUT2D eigenvalue weighted by molar-refractivity contribution is 6.18. The van der Waals surface area contributed by atoms with E-state index in [4.69, 9.17) is 16.3 Å². The molecule has 0 aromatic carbocycles. The Morgan fingerprint density at radius 2 is 1.50 bits per heavy atom. The van der Waals surface area contributed by atoms with Gasteiger partial charge in [0.25, 0.3) is 0 Å². The van der Waals surface area contributed by atoms with Gasteiger partial charge in [0.1, 0.15) is 6.10 Å². The first-order chi connectivity index (χ1) is 9.74. The van der Waals surface area contributed by atoms with E-state index in [0.717, 1.165) is 19.3 Å². The van der Waals surface area contributed by atoms with Gasteiger partial charge in [-0.2, -0.15) is 0 Å². The number of halogens is 1. The average Bonchev–Trinajstić information content (AvgIpc) is 2.42. The van der Waals surface area contributed by atoms with Crippen molar-refractivity contribution in [3.63, 3.8) is 0 Å². The predicted molar refractivity (Wildman–Crippen MR) is 87.4 cm³/mol. The van der Waals surface area contributed by atoms with E-state index in [1.807, 2.05) is 0 Å². The molecule has 0 aliphatic carbocycles. The summed E-state index contributed by atoms with van der Waals surface area (Å²) in [5, 5.41) is 0. The molecule has 0 fully saturated rings. The van der Waals surface area contributed by atoms with Gasteiger partial charge in [-0.25, -0.2) is 0 Å². The minimum absolute atomic E-state index is 0.107. The number of alkyl halides is 1. The van der Waals surface area contributed by atoms with Gasteiger partial charge in [0, 0.05) is 5.88 Å². The number of carbonyl (C=O) groups is 1. The zero-order valence-electron chi connectivity index (χ0n) is 13.5. The van der Waals surface area contributed by atoms with E-state index < -0.39 is 0 Å². The molecule has 0 amide bonds. The Kier molecular flexibility index (Phi) is 15.0. The van der Waals surface area contributed by atoms with Crippen LogP contribution < -0.4 is 0 Å². The van der Waals surface area contributed by atoms with Crippen molar-refractivity contribution in [3.8, 4) is 0 Å². The van der Waals surface area contributed by atoms with E-state index in [9.17, 15) is 4.79 Å². The molecule has 1 unspecified atom stereocenters. The minimum atomic E-state index is -0.141. The van der Waals surface area contributed by atoms with Gasteiger partial charge >= 0.3 is 5.97 Å². The van der Waals surface area contributed by atoms with Gasteiger partial charge in [0.15, 0.2) is 0 Å². The molecule has 0 N–H and O–H groups in total. The van der Waals surface area contributed by atoms with E-state index in [1.54, 1.807) is 0 Å². The summed E-state index contributed by atoms with van der Waals surface area (Å²) in [5.41, 5.74) is 0. The SMILES string of the molecule is CCCCCCCCCCC(CCC)OC(=O)CCCl. The summed E-state index contributed by atoms with van der Waals surface area (Å²) in [7, 11) is 0. The summed E-state index contributed by atoms with van der Waals surface area (Å²) < 4.78 is 5.47. The lowest BCUT2D eigenvalue weighted by Crippen LogP contribution is -2.18. The standard InChI is InChI=1S/C17H33ClO2/c1-3-5-6-7-8-9-10-11-13-16(12-4-2)20-17(19)14-15-18/h16H,3-15H2,1-2H3. The summed E-state index contributed by atoms with van der Waals surface area (Å²) in [4.78, 5) is 11.5. The van der Waals surface area contributed by atoms with Gasteiger partial charge in [-0.05, 0) is 19.3 Å². The van der Waals surface area contributed by atoms with Crippen molar-refractivity contribution < 1.29 is 9.53 Å². The topological polar surface area (TPSA) is 26.3 Å². The van der Waals surface area contributed by atoms with E-state index in [-0.39, 0.29) is 12.1 Å². The number of hydrogen-bond acceptors (Lipinski definition) is 2. The molecule has 0 aliphatic heterocycles. The molecule has 0 rings (SSSR count). The Morgan fingerprint density at radius 1 is 0.900 bits per heavy atom. The van der Waals surface area contributed by atoms with Gasteiger partial charge in [-0.15, -0.1) is 11.6 Å². The fraction of sp³-hybridized carbons (Fsp3) is 0.941. The minimum Gasteiger partial charge on any atom is -0.462 e. The second kappa shape index (κ2) is 15.2. The number of rotatable bonds is 14. The number of ether oxygens (including phenoxy) is 1. The highest BCUT2D eigenvalue weighted by Gasteiger charge is 2.12. The first-order valence-electron chi connectivity index (χ1n) is 8.50. The molecule has 120 valence electrons. The Hall–Kier alpha value is -0.240. The van der Waals surface area contributed by atoms with Crippen LogP contribution in [-0.4, -0.2) is 18.0 Å². The van der Waals surface area contributed by atoms with Crippen LogP contribution in [-0.2, 0) is 9.53 Å². The van der Waals surface area contributed by atoms with Gasteiger partial charge in [-0.3, -0.25) is 4.79 Å². The molecular formula is C17H33ClO2. The number of carbonyl (C=O) groups excluding carboxylic acids is 1. The highest BCUT2D eigenvalue weighted by Crippen LogP contribution is 2.15. The lowest BCUT2D eigenvalue weighted by atomic mass is 10.0. The lowest BCUT2D eigenvalue weighted by Gasteiger charge is -2.17. The maximum atomic E-state index is 11.5. The molecule has 20 heavy (non-hydrogen) atoms. The van der Waals surface area contributed by atoms with Gasteiger partial charge in [0.2, 0.25) is 0 Å². The van der Waals surface area contributed by atoms with Crippen LogP contribution in [0, 0.1) is 0 Å².